The van der Waals surface area contributed by atoms with Gasteiger partial charge in [0.05, 0.1) is 40.0 Å². The molecule has 9 nitrogen and oxygen atoms in total. The normalized spacial score (nSPS) is 11.3. The Balaban J connectivity index is 1.45. The van der Waals surface area contributed by atoms with Crippen molar-refractivity contribution in [1.82, 2.24) is 24.9 Å². The molecule has 6 rings (SSSR count). The number of hydrogen-bond donors (Lipinski definition) is 2. The Bertz CT molecular complexity index is 2020. The van der Waals surface area contributed by atoms with E-state index in [1.54, 1.807) is 18.5 Å². The van der Waals surface area contributed by atoms with Crippen molar-refractivity contribution < 1.29 is 21.6 Å². The molecule has 0 aliphatic rings. The van der Waals surface area contributed by atoms with Gasteiger partial charge in [0.25, 0.3) is 10.0 Å². The van der Waals surface area contributed by atoms with Gasteiger partial charge in [-0.05, 0) is 30.3 Å². The van der Waals surface area contributed by atoms with Gasteiger partial charge in [-0.25, -0.2) is 46.5 Å². The van der Waals surface area contributed by atoms with Crippen LogP contribution in [0.2, 0.25) is 0 Å². The zero-order valence-electron chi connectivity index (χ0n) is 21.7. The van der Waals surface area contributed by atoms with Gasteiger partial charge in [0, 0.05) is 17.3 Å². The molecule has 14 heteroatoms. The maximum Gasteiger partial charge on any atom is 0.267 e. The third kappa shape index (κ3) is 5.78. The molecule has 0 aliphatic heterocycles. The summed E-state index contributed by atoms with van der Waals surface area (Å²) in [5.74, 6) is -3.40. The van der Waals surface area contributed by atoms with Gasteiger partial charge in [0.15, 0.2) is 10.7 Å². The summed E-state index contributed by atoms with van der Waals surface area (Å²) in [7, 11) is -4.83. The van der Waals surface area contributed by atoms with Crippen molar-refractivity contribution in [3.8, 4) is 32.4 Å². The van der Waals surface area contributed by atoms with Crippen molar-refractivity contribution in [3.63, 3.8) is 0 Å². The first-order valence-corrected chi connectivity index (χ1v) is 14.8. The molecule has 0 atom stereocenters. The highest BCUT2D eigenvalue weighted by Gasteiger charge is 2.27. The molecule has 0 bridgehead atoms. The van der Waals surface area contributed by atoms with E-state index in [0.29, 0.717) is 21.3 Å². The Morgan fingerprint density at radius 3 is 2.26 bits per heavy atom. The first kappa shape index (κ1) is 27.9. The Morgan fingerprint density at radius 1 is 0.791 bits per heavy atom. The summed E-state index contributed by atoms with van der Waals surface area (Å²) >= 11 is 1.25. The molecule has 6 aromatic rings. The predicted molar refractivity (Wildman–Crippen MR) is 156 cm³/mol. The van der Waals surface area contributed by atoms with Gasteiger partial charge in [-0.1, -0.05) is 42.5 Å². The molecule has 0 fully saturated rings. The van der Waals surface area contributed by atoms with Crippen LogP contribution in [0, 0.1) is 17.5 Å². The van der Waals surface area contributed by atoms with Crippen LogP contribution in [0.1, 0.15) is 0 Å². The maximum atomic E-state index is 16.1. The first-order chi connectivity index (χ1) is 20.8. The van der Waals surface area contributed by atoms with Crippen molar-refractivity contribution in [2.24, 2.45) is 0 Å². The molecule has 3 aromatic carbocycles. The topological polar surface area (TPSA) is 123 Å². The van der Waals surface area contributed by atoms with Crippen molar-refractivity contribution >= 4 is 38.7 Å². The lowest BCUT2D eigenvalue weighted by Gasteiger charge is -2.12. The SMILES string of the molecule is O=S(=O)(Nc1cccc(-c2nc(-c3ccccc3)sc2-c2ccnc(Nc3cncnc3)n2)c1F)c1c(F)cccc1F. The number of thiazole rings is 1. The van der Waals surface area contributed by atoms with Crippen LogP contribution < -0.4 is 10.0 Å². The van der Waals surface area contributed by atoms with Crippen LogP contribution >= 0.6 is 11.3 Å². The van der Waals surface area contributed by atoms with E-state index in [2.05, 4.69) is 25.3 Å². The summed E-state index contributed by atoms with van der Waals surface area (Å²) < 4.78 is 72.4. The Morgan fingerprint density at radius 2 is 1.51 bits per heavy atom. The van der Waals surface area contributed by atoms with E-state index in [1.165, 1.54) is 36.0 Å². The number of aromatic nitrogens is 5. The Labute approximate surface area is 247 Å². The maximum absolute atomic E-state index is 16.1. The number of halogens is 3. The number of anilines is 3. The van der Waals surface area contributed by atoms with Crippen LogP contribution in [-0.2, 0) is 10.0 Å². The van der Waals surface area contributed by atoms with Gasteiger partial charge in [-0.2, -0.15) is 0 Å². The minimum absolute atomic E-state index is 0.0628. The third-order valence-corrected chi connectivity index (χ3v) is 8.58. The smallest absolute Gasteiger partial charge is 0.267 e. The van der Waals surface area contributed by atoms with E-state index in [4.69, 9.17) is 4.98 Å². The zero-order valence-corrected chi connectivity index (χ0v) is 23.4. The fraction of sp³-hybridized carbons (Fsp3) is 0. The van der Waals surface area contributed by atoms with Gasteiger partial charge in [-0.3, -0.25) is 4.72 Å². The predicted octanol–water partition coefficient (Wildman–Crippen LogP) is 6.69. The lowest BCUT2D eigenvalue weighted by atomic mass is 10.1. The second-order valence-electron chi connectivity index (χ2n) is 8.90. The first-order valence-electron chi connectivity index (χ1n) is 12.5. The highest BCUT2D eigenvalue weighted by atomic mass is 32.2. The summed E-state index contributed by atoms with van der Waals surface area (Å²) in [6.45, 7) is 0. The van der Waals surface area contributed by atoms with Crippen molar-refractivity contribution in [1.29, 1.82) is 0 Å². The second-order valence-corrected chi connectivity index (χ2v) is 11.5. The summed E-state index contributed by atoms with van der Waals surface area (Å²) in [6, 6.07) is 17.4. The average Bonchev–Trinajstić information content (AvgIpc) is 3.44. The van der Waals surface area contributed by atoms with Gasteiger partial charge in [0.1, 0.15) is 23.0 Å². The minimum Gasteiger partial charge on any atom is -0.322 e. The summed E-state index contributed by atoms with van der Waals surface area (Å²) in [6.07, 6.45) is 5.99. The standard InChI is InChI=1S/C29H18F3N7O2S2/c30-20-9-5-10-21(31)27(20)43(40,41)39-22-11-4-8-19(24(22)32)25-26(42-28(38-25)17-6-2-1-3-7-17)23-12-13-35-29(37-23)36-18-14-33-16-34-15-18/h1-16,39H,(H,35,36,37). The highest BCUT2D eigenvalue weighted by molar-refractivity contribution is 7.92. The van der Waals surface area contributed by atoms with Crippen molar-refractivity contribution in [2.45, 2.75) is 4.90 Å². The van der Waals surface area contributed by atoms with Gasteiger partial charge in [0.2, 0.25) is 5.95 Å². The van der Waals surface area contributed by atoms with E-state index in [9.17, 15) is 17.2 Å². The number of nitrogens with one attached hydrogen (secondary N) is 2. The van der Waals surface area contributed by atoms with E-state index >= 15 is 4.39 Å². The molecule has 214 valence electrons. The zero-order chi connectivity index (χ0) is 30.0. The lowest BCUT2D eigenvalue weighted by Crippen LogP contribution is -2.17. The van der Waals surface area contributed by atoms with Gasteiger partial charge >= 0.3 is 0 Å². The fourth-order valence-corrected chi connectivity index (χ4v) is 6.40. The van der Waals surface area contributed by atoms with E-state index in [1.807, 2.05) is 35.1 Å². The molecule has 0 radical (unpaired) electrons. The number of benzene rings is 3. The summed E-state index contributed by atoms with van der Waals surface area (Å²) in [5, 5.41) is 3.56. The van der Waals surface area contributed by atoms with E-state index in [-0.39, 0.29) is 17.2 Å². The molecule has 0 amide bonds. The second kappa shape index (κ2) is 11.6. The summed E-state index contributed by atoms with van der Waals surface area (Å²) in [4.78, 5) is 20.7. The number of sulfonamides is 1. The molecule has 0 spiro atoms. The van der Waals surface area contributed by atoms with Crippen LogP contribution in [0.3, 0.4) is 0 Å². The molecule has 0 saturated carbocycles. The van der Waals surface area contributed by atoms with Crippen LogP contribution in [0.15, 0.2) is 103 Å². The molecular weight excluding hydrogens is 599 g/mol. The van der Waals surface area contributed by atoms with Crippen molar-refractivity contribution in [2.75, 3.05) is 10.0 Å². The van der Waals surface area contributed by atoms with Gasteiger partial charge < -0.3 is 5.32 Å². The lowest BCUT2D eigenvalue weighted by molar-refractivity contribution is 0.521. The van der Waals surface area contributed by atoms with Crippen LogP contribution in [-0.4, -0.2) is 33.3 Å². The quantitative estimate of drug-likeness (QED) is 0.194. The Hall–Kier alpha value is -5.21. The fourth-order valence-electron chi connectivity index (χ4n) is 4.15. The van der Waals surface area contributed by atoms with Crippen LogP contribution in [0.5, 0.6) is 0 Å². The largest absolute Gasteiger partial charge is 0.322 e. The Kier molecular flexibility index (Phi) is 7.52. The minimum atomic E-state index is -4.83. The number of nitrogens with zero attached hydrogens (tertiary/aromatic N) is 5. The van der Waals surface area contributed by atoms with Crippen LogP contribution in [0.4, 0.5) is 30.5 Å². The highest BCUT2D eigenvalue weighted by Crippen LogP contribution is 2.42. The average molecular weight is 618 g/mol. The van der Waals surface area contributed by atoms with E-state index < -0.39 is 38.1 Å². The monoisotopic (exact) mass is 617 g/mol. The molecule has 0 saturated heterocycles. The number of rotatable bonds is 8. The number of hydrogen-bond acceptors (Lipinski definition) is 9. The van der Waals surface area contributed by atoms with Crippen molar-refractivity contribution in [3.05, 3.63) is 115 Å². The molecule has 3 aromatic heterocycles. The molecule has 3 heterocycles. The molecule has 0 aliphatic carbocycles. The summed E-state index contributed by atoms with van der Waals surface area (Å²) in [5.41, 5.74) is 1.31. The molecule has 43 heavy (non-hydrogen) atoms. The molecule has 0 unspecified atom stereocenters. The molecule has 2 N–H and O–H groups in total. The van der Waals surface area contributed by atoms with E-state index in [0.717, 1.165) is 29.8 Å². The van der Waals surface area contributed by atoms with Gasteiger partial charge in [-0.15, -0.1) is 11.3 Å². The van der Waals surface area contributed by atoms with Crippen LogP contribution in [0.25, 0.3) is 32.4 Å². The molecular formula is C29H18F3N7O2S2. The third-order valence-electron chi connectivity index (χ3n) is 6.04.